The summed E-state index contributed by atoms with van der Waals surface area (Å²) >= 11 is 6.39. The molecule has 0 unspecified atom stereocenters. The second kappa shape index (κ2) is 14.4. The van der Waals surface area contributed by atoms with Gasteiger partial charge < -0.3 is 20.8 Å². The molecule has 0 saturated heterocycles. The van der Waals surface area contributed by atoms with Crippen molar-refractivity contribution in [2.45, 2.75) is 21.6 Å². The first kappa shape index (κ1) is 36.2. The normalized spacial score (nSPS) is 12.0. The molecule has 0 aliphatic heterocycles. The van der Waals surface area contributed by atoms with Crippen molar-refractivity contribution in [2.75, 3.05) is 10.6 Å². The Hall–Kier alpha value is -5.04. The van der Waals surface area contributed by atoms with Crippen LogP contribution in [0, 0.1) is 6.92 Å². The minimum absolute atomic E-state index is 0.0919. The number of fused-ring (bicyclic) bond motifs is 1. The predicted molar refractivity (Wildman–Crippen MR) is 176 cm³/mol. The van der Waals surface area contributed by atoms with Crippen LogP contribution >= 0.6 is 23.6 Å². The van der Waals surface area contributed by atoms with Crippen LogP contribution in [0.15, 0.2) is 85.6 Å². The van der Waals surface area contributed by atoms with Crippen LogP contribution in [-0.2, 0) is 29.6 Å². The fourth-order valence-electron chi connectivity index (χ4n) is 4.43. The van der Waals surface area contributed by atoms with Gasteiger partial charge in [-0.15, -0.1) is 14.6 Å². The molecular weight excluding hydrogens is 746 g/mol. The van der Waals surface area contributed by atoms with Crippen LogP contribution in [-0.4, -0.2) is 62.3 Å². The number of aromatic carboxylic acids is 1. The third-order valence-electron chi connectivity index (χ3n) is 6.48. The number of halogens is 1. The highest BCUT2D eigenvalue weighted by Gasteiger charge is 2.23. The minimum atomic E-state index is -4.89. The number of carboxylic acid groups (broad SMARTS) is 1. The minimum Gasteiger partial charge on any atom is -0.505 e. The quantitative estimate of drug-likeness (QED) is 0.0244. The molecule has 50 heavy (non-hydrogen) atoms. The highest BCUT2D eigenvalue weighted by molar-refractivity contribution is 7.94. The average Bonchev–Trinajstić information content (AvgIpc) is 3.03. The van der Waals surface area contributed by atoms with Crippen molar-refractivity contribution < 1.29 is 55.6 Å². The van der Waals surface area contributed by atoms with Crippen molar-refractivity contribution in [1.82, 2.24) is 15.0 Å². The molecule has 0 bridgehead atoms. The molecule has 4 aromatic carbocycles. The molecule has 0 atom stereocenters. The summed E-state index contributed by atoms with van der Waals surface area (Å²) in [6, 6.07) is 12.5. The topological polar surface area (TPSA) is 292 Å². The lowest BCUT2D eigenvalue weighted by Gasteiger charge is -2.15. The van der Waals surface area contributed by atoms with Gasteiger partial charge in [0, 0.05) is 5.39 Å². The summed E-state index contributed by atoms with van der Waals surface area (Å²) in [5.74, 6) is -2.59. The zero-order valence-electron chi connectivity index (χ0n) is 24.7. The van der Waals surface area contributed by atoms with E-state index in [-0.39, 0.29) is 62.2 Å². The van der Waals surface area contributed by atoms with Crippen LogP contribution in [0.1, 0.15) is 15.9 Å². The number of benzene rings is 4. The molecule has 0 amide bonds. The lowest BCUT2D eigenvalue weighted by Crippen LogP contribution is -2.08. The summed E-state index contributed by atoms with van der Waals surface area (Å²) in [4.78, 5) is 22.4. The molecule has 0 spiro atoms. The van der Waals surface area contributed by atoms with Gasteiger partial charge >= 0.3 is 5.97 Å². The van der Waals surface area contributed by atoms with E-state index in [9.17, 15) is 40.9 Å². The summed E-state index contributed by atoms with van der Waals surface area (Å²) in [7, 11) is -9.65. The molecule has 0 saturated carbocycles. The van der Waals surface area contributed by atoms with Gasteiger partial charge in [-0.1, -0.05) is 28.8 Å². The highest BCUT2D eigenvalue weighted by atomic mass is 35.5. The Morgan fingerprint density at radius 3 is 2.22 bits per heavy atom. The van der Waals surface area contributed by atoms with E-state index >= 15 is 0 Å². The number of carbonyl (C=O) groups is 1. The van der Waals surface area contributed by atoms with Gasteiger partial charge in [0.2, 0.25) is 17.2 Å². The van der Waals surface area contributed by atoms with Crippen LogP contribution in [0.3, 0.4) is 0 Å². The van der Waals surface area contributed by atoms with Gasteiger partial charge in [0.25, 0.3) is 20.2 Å². The number of nitrogens with zero attached hydrogens (tertiary/aromatic N) is 5. The molecule has 23 heteroatoms. The molecule has 7 N–H and O–H groups in total. The Balaban J connectivity index is 1.68. The Kier molecular flexibility index (Phi) is 10.5. The van der Waals surface area contributed by atoms with Crippen molar-refractivity contribution in [2.24, 2.45) is 10.2 Å². The van der Waals surface area contributed by atoms with E-state index in [2.05, 4.69) is 45.2 Å². The largest absolute Gasteiger partial charge is 0.505 e. The number of aromatic nitrogens is 3. The second-order valence-electron chi connectivity index (χ2n) is 9.84. The lowest BCUT2D eigenvalue weighted by molar-refractivity contribution is -0.432. The van der Waals surface area contributed by atoms with Gasteiger partial charge in [0.1, 0.15) is 16.3 Å². The molecule has 0 aliphatic carbocycles. The zero-order valence-corrected chi connectivity index (χ0v) is 27.9. The van der Waals surface area contributed by atoms with Gasteiger partial charge in [-0.25, -0.2) is 10.1 Å². The summed E-state index contributed by atoms with van der Waals surface area (Å²) in [5.41, 5.74) is -0.412. The highest BCUT2D eigenvalue weighted by Crippen LogP contribution is 2.47. The number of anilines is 4. The second-order valence-corrected chi connectivity index (χ2v) is 13.7. The Bertz CT molecular complexity index is 2420. The van der Waals surface area contributed by atoms with E-state index < -0.39 is 52.7 Å². The first-order valence-corrected chi connectivity index (χ1v) is 17.3. The Morgan fingerprint density at radius 2 is 1.58 bits per heavy atom. The SMILES string of the molecule is Cc1ccc(Nc2nc(Cl)nc(Nc3cc(S(=O)(=O)O)cc4cc(SOOO)c(N=Nc5ccccc5S(=O)(=O)O)c(O)c34)n2)c(C(=O)O)c1. The standard InChI is InChI=1S/C27H20ClN7O12S3/c1-12-6-7-16(15(8-12)24(37)38)29-26-31-25(28)32-27(33-26)30-18-11-14(49(40,41)42)9-13-10-19(48-47-46-39)22(23(36)21(13)18)35-34-17-4-2-3-5-20(17)50(43,44)45/h2-11,36,39H,1H3,(H,37,38)(H,40,41,42)(H,43,44,45)(H2,29,30,31,32,33). The molecule has 0 fully saturated rings. The van der Waals surface area contributed by atoms with E-state index in [1.165, 1.54) is 36.4 Å². The summed E-state index contributed by atoms with van der Waals surface area (Å²) in [5, 5.41) is 46.0. The fraction of sp³-hybridized carbons (Fsp3) is 0.0370. The summed E-state index contributed by atoms with van der Waals surface area (Å²) in [6.07, 6.45) is 0. The Labute approximate surface area is 290 Å². The molecule has 0 aliphatic rings. The third-order valence-corrected chi connectivity index (χ3v) is 9.00. The van der Waals surface area contributed by atoms with Gasteiger partial charge in [0.15, 0.2) is 5.75 Å². The molecule has 5 rings (SSSR count). The molecule has 1 aromatic heterocycles. The van der Waals surface area contributed by atoms with Crippen LogP contribution < -0.4 is 10.6 Å². The average molecular weight is 766 g/mol. The zero-order chi connectivity index (χ0) is 36.4. The van der Waals surface area contributed by atoms with E-state index in [1.807, 2.05) is 0 Å². The molecule has 5 aromatic rings. The molecule has 260 valence electrons. The predicted octanol–water partition coefficient (Wildman–Crippen LogP) is 6.21. The number of hydrogen-bond acceptors (Lipinski definition) is 17. The number of azo groups is 1. The van der Waals surface area contributed by atoms with Crippen LogP contribution in [0.2, 0.25) is 5.28 Å². The molecule has 1 heterocycles. The first-order chi connectivity index (χ1) is 23.5. The van der Waals surface area contributed by atoms with Gasteiger partial charge in [-0.3, -0.25) is 9.11 Å². The monoisotopic (exact) mass is 765 g/mol. The number of phenolic OH excluding ortho intramolecular Hbond substituents is 1. The van der Waals surface area contributed by atoms with Crippen molar-refractivity contribution in [3.05, 3.63) is 77.1 Å². The number of hydrogen-bond donors (Lipinski definition) is 7. The van der Waals surface area contributed by atoms with Crippen LogP contribution in [0.25, 0.3) is 10.8 Å². The number of aromatic hydroxyl groups is 1. The van der Waals surface area contributed by atoms with E-state index in [1.54, 1.807) is 13.0 Å². The maximum absolute atomic E-state index is 12.2. The van der Waals surface area contributed by atoms with Gasteiger partial charge in [-0.2, -0.15) is 31.8 Å². The maximum atomic E-state index is 12.2. The molecule has 19 nitrogen and oxygen atoms in total. The fourth-order valence-corrected chi connectivity index (χ4v) is 6.25. The van der Waals surface area contributed by atoms with E-state index in [0.29, 0.717) is 5.56 Å². The third kappa shape index (κ3) is 8.21. The number of carboxylic acids is 1. The number of rotatable bonds is 12. The summed E-state index contributed by atoms with van der Waals surface area (Å²) < 4.78 is 72.2. The molecule has 0 radical (unpaired) electrons. The van der Waals surface area contributed by atoms with E-state index in [0.717, 1.165) is 18.2 Å². The van der Waals surface area contributed by atoms with E-state index in [4.69, 9.17) is 16.9 Å². The Morgan fingerprint density at radius 1 is 0.900 bits per heavy atom. The van der Waals surface area contributed by atoms with Gasteiger partial charge in [0.05, 0.1) is 38.8 Å². The number of nitrogens with one attached hydrogen (secondary N) is 2. The first-order valence-electron chi connectivity index (χ1n) is 13.3. The lowest BCUT2D eigenvalue weighted by atomic mass is 10.1. The smallest absolute Gasteiger partial charge is 0.337 e. The van der Waals surface area contributed by atoms with Gasteiger partial charge in [-0.05, 0) is 66.4 Å². The van der Waals surface area contributed by atoms with Crippen molar-refractivity contribution >= 4 is 95.3 Å². The number of aryl methyl sites for hydroxylation is 1. The van der Waals surface area contributed by atoms with Crippen LogP contribution in [0.5, 0.6) is 5.75 Å². The van der Waals surface area contributed by atoms with Crippen molar-refractivity contribution in [3.8, 4) is 5.75 Å². The number of phenols is 1. The van der Waals surface area contributed by atoms with Crippen molar-refractivity contribution in [3.63, 3.8) is 0 Å². The maximum Gasteiger partial charge on any atom is 0.337 e. The summed E-state index contributed by atoms with van der Waals surface area (Å²) in [6.45, 7) is 1.69. The van der Waals surface area contributed by atoms with Crippen molar-refractivity contribution in [1.29, 1.82) is 0 Å². The molecular formula is C27H20ClN7O12S3. The van der Waals surface area contributed by atoms with Crippen LogP contribution in [0.4, 0.5) is 34.6 Å².